The number of aryl methyl sites for hydroxylation is 1. The minimum absolute atomic E-state index is 0.000251. The number of benzene rings is 2. The molecule has 0 aliphatic carbocycles. The Bertz CT molecular complexity index is 1140. The lowest BCUT2D eigenvalue weighted by atomic mass is 10.0. The van der Waals surface area contributed by atoms with E-state index < -0.39 is 0 Å². The average Bonchev–Trinajstić information content (AvgIpc) is 2.67. The maximum atomic E-state index is 13.0. The molecule has 0 fully saturated rings. The summed E-state index contributed by atoms with van der Waals surface area (Å²) < 4.78 is 0. The number of fused-ring (bicyclic) bond motifs is 2. The molecule has 0 atom stereocenters. The first-order chi connectivity index (χ1) is 13.4. The molecule has 4 rings (SSSR count). The molecule has 144 valence electrons. The highest BCUT2D eigenvalue weighted by Crippen LogP contribution is 2.25. The highest BCUT2D eigenvalue weighted by atomic mass is 35.5. The first-order valence-corrected chi connectivity index (χ1v) is 9.79. The zero-order chi connectivity index (χ0) is 19.8. The van der Waals surface area contributed by atoms with Crippen LogP contribution in [-0.4, -0.2) is 28.9 Å². The number of para-hydroxylation sites is 1. The summed E-state index contributed by atoms with van der Waals surface area (Å²) in [4.78, 5) is 30.8. The molecule has 2 aromatic carbocycles. The minimum Gasteiger partial charge on any atom is -0.358 e. The molecule has 0 radical (unpaired) electrons. The Labute approximate surface area is 172 Å². The highest BCUT2D eigenvalue weighted by molar-refractivity contribution is 6.33. The topological polar surface area (TPSA) is 65.2 Å². The molecule has 1 aliphatic rings. The van der Waals surface area contributed by atoms with E-state index in [1.54, 1.807) is 24.3 Å². The third-order valence-corrected chi connectivity index (χ3v) is 5.87. The second-order valence-electron chi connectivity index (χ2n) is 6.99. The van der Waals surface area contributed by atoms with Gasteiger partial charge in [0.1, 0.15) is 0 Å². The van der Waals surface area contributed by atoms with E-state index in [1.807, 2.05) is 24.0 Å². The van der Waals surface area contributed by atoms with Crippen molar-refractivity contribution >= 4 is 45.7 Å². The first-order valence-electron chi connectivity index (χ1n) is 9.03. The number of H-pyrrole nitrogens is 1. The second-order valence-corrected chi connectivity index (χ2v) is 7.81. The van der Waals surface area contributed by atoms with Crippen LogP contribution in [0.1, 0.15) is 16.8 Å². The molecule has 1 amide bonds. The van der Waals surface area contributed by atoms with Crippen LogP contribution in [0.4, 0.5) is 5.69 Å². The Morgan fingerprint density at radius 3 is 2.75 bits per heavy atom. The van der Waals surface area contributed by atoms with Crippen LogP contribution in [0.15, 0.2) is 41.2 Å². The van der Waals surface area contributed by atoms with E-state index in [1.165, 1.54) is 0 Å². The van der Waals surface area contributed by atoms with E-state index in [0.717, 1.165) is 16.8 Å². The number of carbonyl (C=O) groups excluding carboxylic acids is 1. The normalized spacial score (nSPS) is 14.1. The van der Waals surface area contributed by atoms with Gasteiger partial charge in [-0.15, -0.1) is 0 Å². The lowest BCUT2D eigenvalue weighted by molar-refractivity contribution is -0.117. The van der Waals surface area contributed by atoms with Gasteiger partial charge >= 0.3 is 0 Å². The summed E-state index contributed by atoms with van der Waals surface area (Å²) in [6.07, 6.45) is 0.672. The maximum Gasteiger partial charge on any atom is 0.238 e. The summed E-state index contributed by atoms with van der Waals surface area (Å²) in [6, 6.07) is 10.6. The molecule has 2 heterocycles. The number of hydrogen-bond donors (Lipinski definition) is 2. The molecule has 0 saturated carbocycles. The standard InChI is InChI=1S/C21H19Cl2N3O2/c1-12-15(22)7-6-13-20(12)25-17-8-9-26(10-14(17)21(13)28)11-19(27)24-18-5-3-2-4-16(18)23/h2-7H,8-11H2,1H3,(H,24,27)(H,25,28). The number of nitrogens with zero attached hydrogens (tertiary/aromatic N) is 1. The van der Waals surface area contributed by atoms with Crippen molar-refractivity contribution in [2.45, 2.75) is 19.9 Å². The largest absolute Gasteiger partial charge is 0.358 e. The zero-order valence-electron chi connectivity index (χ0n) is 15.3. The van der Waals surface area contributed by atoms with Crippen molar-refractivity contribution in [3.05, 3.63) is 73.5 Å². The molecule has 5 nitrogen and oxygen atoms in total. The number of aromatic amines is 1. The van der Waals surface area contributed by atoms with Crippen LogP contribution >= 0.6 is 23.2 Å². The number of carbonyl (C=O) groups is 1. The van der Waals surface area contributed by atoms with Gasteiger partial charge in [0.05, 0.1) is 22.8 Å². The Balaban J connectivity index is 1.56. The van der Waals surface area contributed by atoms with E-state index in [-0.39, 0.29) is 17.9 Å². The fraction of sp³-hybridized carbons (Fsp3) is 0.238. The summed E-state index contributed by atoms with van der Waals surface area (Å²) >= 11 is 12.3. The molecular formula is C21H19Cl2N3O2. The fourth-order valence-corrected chi connectivity index (χ4v) is 3.95. The SMILES string of the molecule is Cc1c(Cl)ccc2c(=O)c3c([nH]c12)CCN(CC(=O)Nc1ccccc1Cl)C3. The molecule has 28 heavy (non-hydrogen) atoms. The van der Waals surface area contributed by atoms with Crippen LogP contribution < -0.4 is 10.7 Å². The number of amides is 1. The van der Waals surface area contributed by atoms with Crippen LogP contribution in [0.2, 0.25) is 10.0 Å². The Hall–Kier alpha value is -2.34. The molecule has 0 saturated heterocycles. The van der Waals surface area contributed by atoms with E-state index >= 15 is 0 Å². The number of halogens is 2. The van der Waals surface area contributed by atoms with E-state index in [4.69, 9.17) is 23.2 Å². The van der Waals surface area contributed by atoms with Gasteiger partial charge in [0.2, 0.25) is 5.91 Å². The van der Waals surface area contributed by atoms with Crippen molar-refractivity contribution in [2.75, 3.05) is 18.4 Å². The van der Waals surface area contributed by atoms with Crippen molar-refractivity contribution in [3.63, 3.8) is 0 Å². The number of anilines is 1. The third kappa shape index (κ3) is 3.53. The van der Waals surface area contributed by atoms with E-state index in [2.05, 4.69) is 10.3 Å². The van der Waals surface area contributed by atoms with Gasteiger partial charge in [-0.3, -0.25) is 14.5 Å². The van der Waals surface area contributed by atoms with Gasteiger partial charge in [0.25, 0.3) is 0 Å². The van der Waals surface area contributed by atoms with Gasteiger partial charge in [-0.05, 0) is 36.8 Å². The Morgan fingerprint density at radius 2 is 1.96 bits per heavy atom. The molecule has 0 unspecified atom stereocenters. The van der Waals surface area contributed by atoms with Crippen molar-refractivity contribution in [3.8, 4) is 0 Å². The van der Waals surface area contributed by atoms with Gasteiger partial charge in [0, 0.05) is 41.2 Å². The van der Waals surface area contributed by atoms with E-state index in [9.17, 15) is 9.59 Å². The molecule has 1 aliphatic heterocycles. The van der Waals surface area contributed by atoms with Crippen molar-refractivity contribution in [1.82, 2.24) is 9.88 Å². The second kappa shape index (κ2) is 7.59. The number of aromatic nitrogens is 1. The number of pyridine rings is 1. The molecule has 2 N–H and O–H groups in total. The third-order valence-electron chi connectivity index (χ3n) is 5.13. The lowest BCUT2D eigenvalue weighted by Gasteiger charge is -2.28. The summed E-state index contributed by atoms with van der Waals surface area (Å²) in [5.74, 6) is -0.156. The first kappa shape index (κ1) is 19.0. The van der Waals surface area contributed by atoms with E-state index in [0.29, 0.717) is 46.2 Å². The van der Waals surface area contributed by atoms with Gasteiger partial charge in [-0.1, -0.05) is 35.3 Å². The highest BCUT2D eigenvalue weighted by Gasteiger charge is 2.23. The maximum absolute atomic E-state index is 13.0. The number of hydrogen-bond acceptors (Lipinski definition) is 3. The summed E-state index contributed by atoms with van der Waals surface area (Å²) in [5, 5.41) is 4.59. The van der Waals surface area contributed by atoms with Gasteiger partial charge in [0.15, 0.2) is 5.43 Å². The van der Waals surface area contributed by atoms with Crippen molar-refractivity contribution in [1.29, 1.82) is 0 Å². The van der Waals surface area contributed by atoms with Crippen molar-refractivity contribution in [2.24, 2.45) is 0 Å². The number of nitrogens with one attached hydrogen (secondary N) is 2. The summed E-state index contributed by atoms with van der Waals surface area (Å²) in [6.45, 7) is 3.21. The molecule has 0 spiro atoms. The van der Waals surface area contributed by atoms with Crippen LogP contribution in [0.5, 0.6) is 0 Å². The lowest BCUT2D eigenvalue weighted by Crippen LogP contribution is -2.39. The monoisotopic (exact) mass is 415 g/mol. The molecule has 3 aromatic rings. The smallest absolute Gasteiger partial charge is 0.238 e. The fourth-order valence-electron chi connectivity index (χ4n) is 3.61. The van der Waals surface area contributed by atoms with Crippen LogP contribution in [0.3, 0.4) is 0 Å². The van der Waals surface area contributed by atoms with Crippen molar-refractivity contribution < 1.29 is 4.79 Å². The van der Waals surface area contributed by atoms with Crippen LogP contribution in [-0.2, 0) is 17.8 Å². The van der Waals surface area contributed by atoms with Crippen LogP contribution in [0.25, 0.3) is 10.9 Å². The molecular weight excluding hydrogens is 397 g/mol. The zero-order valence-corrected chi connectivity index (χ0v) is 16.8. The summed E-state index contributed by atoms with van der Waals surface area (Å²) in [7, 11) is 0. The minimum atomic E-state index is -0.156. The van der Waals surface area contributed by atoms with Gasteiger partial charge < -0.3 is 10.3 Å². The van der Waals surface area contributed by atoms with Gasteiger partial charge in [-0.25, -0.2) is 0 Å². The molecule has 1 aromatic heterocycles. The Kier molecular flexibility index (Phi) is 5.15. The quantitative estimate of drug-likeness (QED) is 0.675. The predicted octanol–water partition coefficient (Wildman–Crippen LogP) is 4.14. The Morgan fingerprint density at radius 1 is 1.18 bits per heavy atom. The number of rotatable bonds is 3. The molecule has 0 bridgehead atoms. The average molecular weight is 416 g/mol. The van der Waals surface area contributed by atoms with Gasteiger partial charge in [-0.2, -0.15) is 0 Å². The van der Waals surface area contributed by atoms with Crippen LogP contribution in [0, 0.1) is 6.92 Å². The summed E-state index contributed by atoms with van der Waals surface area (Å²) in [5.41, 5.74) is 3.89. The predicted molar refractivity (Wildman–Crippen MR) is 113 cm³/mol. The molecule has 7 heteroatoms.